The molecule has 1 aliphatic rings. The SMILES string of the molecule is CC(NC1CCOCC1)C(=O)NC(N)=O. The van der Waals surface area contributed by atoms with Crippen LogP contribution in [0.1, 0.15) is 19.8 Å². The van der Waals surface area contributed by atoms with E-state index in [4.69, 9.17) is 10.5 Å². The smallest absolute Gasteiger partial charge is 0.318 e. The number of hydrogen-bond acceptors (Lipinski definition) is 4. The number of primary amides is 1. The lowest BCUT2D eigenvalue weighted by Crippen LogP contribution is -2.50. The standard InChI is InChI=1S/C9H17N3O3/c1-6(8(13)12-9(10)14)11-7-2-4-15-5-3-7/h6-7,11H,2-5H2,1H3,(H3,10,12,13,14). The fraction of sp³-hybridized carbons (Fsp3) is 0.778. The number of rotatable bonds is 3. The van der Waals surface area contributed by atoms with Crippen LogP contribution in [0.4, 0.5) is 4.79 Å². The summed E-state index contributed by atoms with van der Waals surface area (Å²) in [4.78, 5) is 21.8. The molecule has 86 valence electrons. The molecule has 1 rings (SSSR count). The number of carbonyl (C=O) groups excluding carboxylic acids is 2. The highest BCUT2D eigenvalue weighted by atomic mass is 16.5. The van der Waals surface area contributed by atoms with Crippen molar-refractivity contribution in [2.45, 2.75) is 31.8 Å². The van der Waals surface area contributed by atoms with Crippen LogP contribution >= 0.6 is 0 Å². The van der Waals surface area contributed by atoms with E-state index in [1.54, 1.807) is 6.92 Å². The molecule has 0 spiro atoms. The van der Waals surface area contributed by atoms with E-state index in [1.165, 1.54) is 0 Å². The molecular weight excluding hydrogens is 198 g/mol. The molecule has 3 amide bonds. The van der Waals surface area contributed by atoms with Gasteiger partial charge >= 0.3 is 6.03 Å². The van der Waals surface area contributed by atoms with Crippen molar-refractivity contribution in [3.63, 3.8) is 0 Å². The molecule has 0 aromatic carbocycles. The summed E-state index contributed by atoms with van der Waals surface area (Å²) < 4.78 is 5.19. The van der Waals surface area contributed by atoms with Gasteiger partial charge < -0.3 is 15.8 Å². The van der Waals surface area contributed by atoms with E-state index in [9.17, 15) is 9.59 Å². The van der Waals surface area contributed by atoms with E-state index in [-0.39, 0.29) is 6.04 Å². The predicted molar refractivity (Wildman–Crippen MR) is 54.2 cm³/mol. The molecule has 0 radical (unpaired) electrons. The fourth-order valence-corrected chi connectivity index (χ4v) is 1.52. The Morgan fingerprint density at radius 2 is 2.00 bits per heavy atom. The van der Waals surface area contributed by atoms with Crippen LogP contribution in [0.3, 0.4) is 0 Å². The topological polar surface area (TPSA) is 93.4 Å². The molecule has 6 nitrogen and oxygen atoms in total. The van der Waals surface area contributed by atoms with Gasteiger partial charge in [-0.3, -0.25) is 10.1 Å². The third kappa shape index (κ3) is 4.26. The molecule has 15 heavy (non-hydrogen) atoms. The summed E-state index contributed by atoms with van der Waals surface area (Å²) in [5.74, 6) is -0.394. The summed E-state index contributed by atoms with van der Waals surface area (Å²) in [6.45, 7) is 3.12. The molecule has 0 aromatic heterocycles. The molecule has 0 saturated carbocycles. The minimum Gasteiger partial charge on any atom is -0.381 e. The number of ether oxygens (including phenoxy) is 1. The summed E-state index contributed by atoms with van der Waals surface area (Å²) in [6.07, 6.45) is 1.77. The molecule has 6 heteroatoms. The lowest BCUT2D eigenvalue weighted by molar-refractivity contribution is -0.122. The van der Waals surface area contributed by atoms with Gasteiger partial charge in [0.25, 0.3) is 0 Å². The van der Waals surface area contributed by atoms with E-state index >= 15 is 0 Å². The second-order valence-corrected chi connectivity index (χ2v) is 3.63. The molecule has 1 heterocycles. The number of urea groups is 1. The Kier molecular flexibility index (Phi) is 4.51. The van der Waals surface area contributed by atoms with Gasteiger partial charge in [-0.1, -0.05) is 0 Å². The van der Waals surface area contributed by atoms with Gasteiger partial charge in [0.15, 0.2) is 0 Å². The van der Waals surface area contributed by atoms with Gasteiger partial charge in [0.2, 0.25) is 5.91 Å². The second-order valence-electron chi connectivity index (χ2n) is 3.63. The Labute approximate surface area is 88.5 Å². The molecule has 4 N–H and O–H groups in total. The lowest BCUT2D eigenvalue weighted by Gasteiger charge is -2.25. The van der Waals surface area contributed by atoms with Crippen molar-refractivity contribution < 1.29 is 14.3 Å². The van der Waals surface area contributed by atoms with Crippen LogP contribution in [0.2, 0.25) is 0 Å². The van der Waals surface area contributed by atoms with Crippen molar-refractivity contribution >= 4 is 11.9 Å². The van der Waals surface area contributed by atoms with Gasteiger partial charge in [-0.2, -0.15) is 0 Å². The number of nitrogens with one attached hydrogen (secondary N) is 2. The summed E-state index contributed by atoms with van der Waals surface area (Å²) in [5.41, 5.74) is 4.85. The van der Waals surface area contributed by atoms with E-state index < -0.39 is 18.0 Å². The number of carbonyl (C=O) groups is 2. The maximum atomic E-state index is 11.3. The first-order valence-corrected chi connectivity index (χ1v) is 5.03. The molecule has 1 unspecified atom stereocenters. The normalized spacial score (nSPS) is 19.5. The first kappa shape index (κ1) is 11.9. The van der Waals surface area contributed by atoms with Crippen LogP contribution in [0, 0.1) is 0 Å². The highest BCUT2D eigenvalue weighted by molar-refractivity contribution is 5.96. The van der Waals surface area contributed by atoms with Gasteiger partial charge in [0.05, 0.1) is 6.04 Å². The van der Waals surface area contributed by atoms with Gasteiger partial charge in [0, 0.05) is 19.3 Å². The second kappa shape index (κ2) is 5.67. The average molecular weight is 215 g/mol. The number of imide groups is 1. The average Bonchev–Trinajstić information content (AvgIpc) is 2.18. The zero-order valence-corrected chi connectivity index (χ0v) is 8.79. The Hall–Kier alpha value is -1.14. The fourth-order valence-electron chi connectivity index (χ4n) is 1.52. The first-order valence-electron chi connectivity index (χ1n) is 5.03. The minimum absolute atomic E-state index is 0.271. The third-order valence-electron chi connectivity index (χ3n) is 2.35. The van der Waals surface area contributed by atoms with Gasteiger partial charge in [-0.05, 0) is 19.8 Å². The van der Waals surface area contributed by atoms with Crippen molar-refractivity contribution in [3.8, 4) is 0 Å². The van der Waals surface area contributed by atoms with Crippen LogP contribution in [-0.4, -0.2) is 37.2 Å². The van der Waals surface area contributed by atoms with Crippen molar-refractivity contribution in [1.29, 1.82) is 0 Å². The minimum atomic E-state index is -0.819. The van der Waals surface area contributed by atoms with Crippen LogP contribution in [0.25, 0.3) is 0 Å². The quantitative estimate of drug-likeness (QED) is 0.582. The van der Waals surface area contributed by atoms with E-state index in [0.29, 0.717) is 13.2 Å². The van der Waals surface area contributed by atoms with Gasteiger partial charge in [-0.25, -0.2) is 4.79 Å². The Balaban J connectivity index is 2.29. The largest absolute Gasteiger partial charge is 0.381 e. The highest BCUT2D eigenvalue weighted by Crippen LogP contribution is 2.06. The predicted octanol–water partition coefficient (Wildman–Crippen LogP) is -0.662. The number of nitrogens with two attached hydrogens (primary N) is 1. The van der Waals surface area contributed by atoms with E-state index in [1.807, 2.05) is 5.32 Å². The first-order chi connectivity index (χ1) is 7.09. The van der Waals surface area contributed by atoms with Crippen LogP contribution < -0.4 is 16.4 Å². The Bertz CT molecular complexity index is 239. The van der Waals surface area contributed by atoms with Crippen LogP contribution in [-0.2, 0) is 9.53 Å². The van der Waals surface area contributed by atoms with Crippen molar-refractivity contribution in [2.75, 3.05) is 13.2 Å². The number of amides is 3. The zero-order chi connectivity index (χ0) is 11.3. The highest BCUT2D eigenvalue weighted by Gasteiger charge is 2.20. The number of hydrogen-bond donors (Lipinski definition) is 3. The third-order valence-corrected chi connectivity index (χ3v) is 2.35. The maximum absolute atomic E-state index is 11.3. The Morgan fingerprint density at radius 3 is 2.53 bits per heavy atom. The van der Waals surface area contributed by atoms with Crippen molar-refractivity contribution in [2.24, 2.45) is 5.73 Å². The molecule has 0 aromatic rings. The molecule has 1 aliphatic heterocycles. The summed E-state index contributed by atoms with van der Waals surface area (Å²) in [5, 5.41) is 5.16. The van der Waals surface area contributed by atoms with Crippen molar-refractivity contribution in [3.05, 3.63) is 0 Å². The zero-order valence-electron chi connectivity index (χ0n) is 8.79. The van der Waals surface area contributed by atoms with E-state index in [2.05, 4.69) is 5.32 Å². The maximum Gasteiger partial charge on any atom is 0.318 e. The van der Waals surface area contributed by atoms with Gasteiger partial charge in [-0.15, -0.1) is 0 Å². The molecule has 1 fully saturated rings. The van der Waals surface area contributed by atoms with Crippen molar-refractivity contribution in [1.82, 2.24) is 10.6 Å². The molecule has 0 aliphatic carbocycles. The molecule has 0 bridgehead atoms. The Morgan fingerprint density at radius 1 is 1.40 bits per heavy atom. The molecule has 1 atom stereocenters. The summed E-state index contributed by atoms with van der Waals surface area (Å²) in [6, 6.07) is -0.964. The lowest BCUT2D eigenvalue weighted by atomic mass is 10.1. The molecular formula is C9H17N3O3. The molecule has 1 saturated heterocycles. The van der Waals surface area contributed by atoms with E-state index in [0.717, 1.165) is 12.8 Å². The van der Waals surface area contributed by atoms with Crippen LogP contribution in [0.5, 0.6) is 0 Å². The van der Waals surface area contributed by atoms with Crippen LogP contribution in [0.15, 0.2) is 0 Å². The summed E-state index contributed by atoms with van der Waals surface area (Å²) >= 11 is 0. The summed E-state index contributed by atoms with van der Waals surface area (Å²) in [7, 11) is 0. The monoisotopic (exact) mass is 215 g/mol. The van der Waals surface area contributed by atoms with Gasteiger partial charge in [0.1, 0.15) is 0 Å².